The zero-order chi connectivity index (χ0) is 21.1. The topological polar surface area (TPSA) is 132 Å². The van der Waals surface area contributed by atoms with Crippen molar-refractivity contribution < 1.29 is 58.0 Å². The van der Waals surface area contributed by atoms with Gasteiger partial charge in [0.1, 0.15) is 19.0 Å². The van der Waals surface area contributed by atoms with Crippen molar-refractivity contribution in [3.63, 3.8) is 0 Å². The Morgan fingerprint density at radius 3 is 1.73 bits per heavy atom. The van der Waals surface area contributed by atoms with E-state index in [1.54, 1.807) is 28.5 Å². The van der Waals surface area contributed by atoms with Gasteiger partial charge in [-0.1, -0.05) is 0 Å². The van der Waals surface area contributed by atoms with Crippen LogP contribution in [0.15, 0.2) is 12.4 Å². The molecule has 0 aliphatic heterocycles. The van der Waals surface area contributed by atoms with E-state index in [0.29, 0.717) is 5.82 Å². The molecule has 0 spiro atoms. The van der Waals surface area contributed by atoms with E-state index in [2.05, 4.69) is 0 Å². The minimum Gasteiger partial charge on any atom is -0.421 e. The van der Waals surface area contributed by atoms with Crippen LogP contribution in [-0.2, 0) is 33.7 Å². The van der Waals surface area contributed by atoms with Crippen molar-refractivity contribution in [3.8, 4) is 0 Å². The minimum absolute atomic E-state index is 0.0611. The molecule has 1 heterocycles. The van der Waals surface area contributed by atoms with Gasteiger partial charge in [0.25, 0.3) is 5.82 Å². The van der Waals surface area contributed by atoms with E-state index < -0.39 is 37.3 Å². The van der Waals surface area contributed by atoms with Gasteiger partial charge in [-0.2, -0.15) is 26.3 Å². The van der Waals surface area contributed by atoms with Crippen molar-refractivity contribution in [2.24, 2.45) is 7.05 Å². The second-order valence-corrected chi connectivity index (χ2v) is 7.86. The second kappa shape index (κ2) is 8.07. The van der Waals surface area contributed by atoms with Gasteiger partial charge in [-0.3, -0.25) is 0 Å². The first-order chi connectivity index (χ1) is 11.4. The Balaban J connectivity index is 0.000000502. The van der Waals surface area contributed by atoms with Gasteiger partial charge in [-0.15, -0.1) is 0 Å². The number of aliphatic hydroxyl groups is 2. The number of hydrogen-bond acceptors (Lipinski definition) is 6. The summed E-state index contributed by atoms with van der Waals surface area (Å²) in [6, 6.07) is 0. The summed E-state index contributed by atoms with van der Waals surface area (Å²) in [6.45, 7) is 1.59. The fourth-order valence-corrected chi connectivity index (χ4v) is 2.98. The van der Waals surface area contributed by atoms with E-state index in [4.69, 9.17) is 5.11 Å². The summed E-state index contributed by atoms with van der Waals surface area (Å²) >= 11 is 0. The SMILES string of the molecule is CC(O)n1cc[n+](C)c1CO.O=S(=O)([N-]S(=O)(=O)C(F)(F)F)C(F)(F)F. The third-order valence-electron chi connectivity index (χ3n) is 2.48. The zero-order valence-corrected chi connectivity index (χ0v) is 14.5. The maximum atomic E-state index is 11.4. The highest BCUT2D eigenvalue weighted by Gasteiger charge is 2.46. The van der Waals surface area contributed by atoms with E-state index in [1.807, 2.05) is 7.05 Å². The average Bonchev–Trinajstić information content (AvgIpc) is 2.76. The molecule has 1 rings (SSSR count). The fourth-order valence-electron chi connectivity index (χ4n) is 1.27. The first kappa shape index (κ1) is 24.6. The molecule has 1 aromatic heterocycles. The van der Waals surface area contributed by atoms with Crippen molar-refractivity contribution in [2.75, 3.05) is 0 Å². The number of aromatic nitrogens is 2. The second-order valence-electron chi connectivity index (χ2n) is 4.44. The summed E-state index contributed by atoms with van der Waals surface area (Å²) in [5.74, 6) is 0.694. The van der Waals surface area contributed by atoms with Gasteiger partial charge in [0.2, 0.25) is 0 Å². The number of halogens is 6. The maximum Gasteiger partial charge on any atom is 0.480 e. The third-order valence-corrected chi connectivity index (χ3v) is 5.22. The van der Waals surface area contributed by atoms with Crippen LogP contribution in [0.25, 0.3) is 4.13 Å². The minimum atomic E-state index is -6.72. The Labute approximate surface area is 143 Å². The number of aliphatic hydroxyl groups excluding tert-OH is 2. The van der Waals surface area contributed by atoms with Crippen molar-refractivity contribution in [2.45, 2.75) is 30.8 Å². The molecule has 0 radical (unpaired) electrons. The lowest BCUT2D eigenvalue weighted by Crippen LogP contribution is -2.32. The number of alkyl halides is 6. The molecule has 0 aliphatic carbocycles. The van der Waals surface area contributed by atoms with Crippen LogP contribution in [0.1, 0.15) is 19.0 Å². The summed E-state index contributed by atoms with van der Waals surface area (Å²) in [4.78, 5) is 0. The number of imidazole rings is 1. The Morgan fingerprint density at radius 1 is 1.12 bits per heavy atom. The number of nitrogens with zero attached hydrogens (tertiary/aromatic N) is 3. The quantitative estimate of drug-likeness (QED) is 0.517. The molecule has 0 fully saturated rings. The van der Waals surface area contributed by atoms with Gasteiger partial charge in [-0.25, -0.2) is 26.0 Å². The lowest BCUT2D eigenvalue weighted by atomic mass is 10.5. The maximum absolute atomic E-state index is 11.4. The molecule has 9 nitrogen and oxygen atoms in total. The van der Waals surface area contributed by atoms with Crippen molar-refractivity contribution in [1.82, 2.24) is 4.57 Å². The van der Waals surface area contributed by atoms with Crippen LogP contribution >= 0.6 is 0 Å². The van der Waals surface area contributed by atoms with Crippen LogP contribution in [0.3, 0.4) is 0 Å². The summed E-state index contributed by atoms with van der Waals surface area (Å²) in [6.07, 6.45) is 2.94. The van der Waals surface area contributed by atoms with Gasteiger partial charge in [0.15, 0.2) is 26.3 Å². The molecule has 0 amide bonds. The lowest BCUT2D eigenvalue weighted by molar-refractivity contribution is -0.681. The van der Waals surface area contributed by atoms with E-state index in [1.165, 1.54) is 0 Å². The molecule has 0 aromatic carbocycles. The summed E-state index contributed by atoms with van der Waals surface area (Å²) in [7, 11) is -11.6. The Morgan fingerprint density at radius 2 is 1.50 bits per heavy atom. The molecular formula is C9H13F6N3O6S2. The Kier molecular flexibility index (Phi) is 7.63. The Bertz CT molecular complexity index is 770. The van der Waals surface area contributed by atoms with Crippen molar-refractivity contribution in [1.29, 1.82) is 0 Å². The van der Waals surface area contributed by atoms with Crippen molar-refractivity contribution in [3.05, 3.63) is 22.3 Å². The highest BCUT2D eigenvalue weighted by atomic mass is 32.3. The molecule has 0 saturated carbocycles. The number of hydrogen-bond donors (Lipinski definition) is 2. The monoisotopic (exact) mass is 437 g/mol. The van der Waals surface area contributed by atoms with Crippen LogP contribution in [0.4, 0.5) is 26.3 Å². The largest absolute Gasteiger partial charge is 0.480 e. The summed E-state index contributed by atoms with van der Waals surface area (Å²) in [5, 5.41) is 18.1. The highest BCUT2D eigenvalue weighted by Crippen LogP contribution is 2.36. The molecule has 0 saturated heterocycles. The smallest absolute Gasteiger partial charge is 0.421 e. The molecule has 26 heavy (non-hydrogen) atoms. The predicted molar refractivity (Wildman–Crippen MR) is 71.8 cm³/mol. The summed E-state index contributed by atoms with van der Waals surface area (Å²) in [5.41, 5.74) is -12.4. The Hall–Kier alpha value is -1.43. The van der Waals surface area contributed by atoms with Crippen LogP contribution in [0.5, 0.6) is 0 Å². The normalized spacial score (nSPS) is 14.5. The van der Waals surface area contributed by atoms with Gasteiger partial charge in [-0.05, 0) is 0 Å². The molecule has 154 valence electrons. The van der Waals surface area contributed by atoms with Crippen molar-refractivity contribution >= 4 is 20.0 Å². The molecule has 0 bridgehead atoms. The molecule has 2 N–H and O–H groups in total. The van der Waals surface area contributed by atoms with Crippen LogP contribution in [0.2, 0.25) is 0 Å². The van der Waals surface area contributed by atoms with Crippen LogP contribution < -0.4 is 4.57 Å². The number of sulfonamides is 2. The number of rotatable bonds is 4. The molecular weight excluding hydrogens is 424 g/mol. The van der Waals surface area contributed by atoms with Gasteiger partial charge in [0, 0.05) is 6.92 Å². The standard InChI is InChI=1S/C7H13N2O2.C2F6NO4S2/c1-6(11)9-4-3-8(2)7(9)5-10;3-1(4,5)14(10,11)9-15(12,13)2(6,7)8/h3-4,6,10-11H,5H2,1-2H3;/q+1;-1. The fraction of sp³-hybridized carbons (Fsp3) is 0.667. The zero-order valence-electron chi connectivity index (χ0n) is 12.9. The third kappa shape index (κ3) is 6.08. The van der Waals surface area contributed by atoms with Crippen LogP contribution in [-0.4, -0.2) is 42.6 Å². The molecule has 1 aromatic rings. The van der Waals surface area contributed by atoms with E-state index in [-0.39, 0.29) is 6.61 Å². The predicted octanol–water partition coefficient (Wildman–Crippen LogP) is 0.375. The van der Waals surface area contributed by atoms with E-state index >= 15 is 0 Å². The molecule has 1 atom stereocenters. The van der Waals surface area contributed by atoms with Gasteiger partial charge in [0.05, 0.1) is 7.05 Å². The summed E-state index contributed by atoms with van der Waals surface area (Å²) < 4.78 is 113. The van der Waals surface area contributed by atoms with Gasteiger partial charge < -0.3 is 14.3 Å². The first-order valence-electron chi connectivity index (χ1n) is 6.08. The van der Waals surface area contributed by atoms with Gasteiger partial charge >= 0.3 is 11.0 Å². The highest BCUT2D eigenvalue weighted by molar-refractivity contribution is 8.13. The van der Waals surface area contributed by atoms with E-state index in [0.717, 1.165) is 4.13 Å². The molecule has 0 aliphatic rings. The molecule has 17 heteroatoms. The lowest BCUT2D eigenvalue weighted by Gasteiger charge is -2.22. The van der Waals surface area contributed by atoms with E-state index in [9.17, 15) is 48.3 Å². The average molecular weight is 437 g/mol. The van der Waals surface area contributed by atoms with Crippen LogP contribution in [0, 0.1) is 0 Å². The molecule has 1 unspecified atom stereocenters. The first-order valence-corrected chi connectivity index (χ1v) is 8.96. The number of aryl methyl sites for hydroxylation is 1.